The van der Waals surface area contributed by atoms with E-state index in [1.54, 1.807) is 13.8 Å². The van der Waals surface area contributed by atoms with Crippen LogP contribution in [0.1, 0.15) is 76.5 Å². The maximum atomic E-state index is 12.5. The molecule has 54 heavy (non-hydrogen) atoms. The summed E-state index contributed by atoms with van der Waals surface area (Å²) < 4.78 is 52.3. The average Bonchev–Trinajstić information content (AvgIpc) is 3.73. The molecule has 2 aliphatic heterocycles. The van der Waals surface area contributed by atoms with Gasteiger partial charge in [-0.25, -0.2) is 18.4 Å². The van der Waals surface area contributed by atoms with Crippen LogP contribution in [-0.4, -0.2) is 130 Å². The highest BCUT2D eigenvalue weighted by Crippen LogP contribution is 2.28. The number of nitrogens with zero attached hydrogens (tertiary/aromatic N) is 3. The van der Waals surface area contributed by atoms with Gasteiger partial charge in [0.2, 0.25) is 0 Å². The van der Waals surface area contributed by atoms with E-state index in [0.717, 1.165) is 37.0 Å². The number of ether oxygens (including phenoxy) is 5. The first kappa shape index (κ1) is 48.9. The Bertz CT molecular complexity index is 1530. The minimum Gasteiger partial charge on any atom is -0.394 e. The van der Waals surface area contributed by atoms with E-state index in [1.807, 2.05) is 6.92 Å². The van der Waals surface area contributed by atoms with Crippen LogP contribution in [0, 0.1) is 13.8 Å². The van der Waals surface area contributed by atoms with Crippen molar-refractivity contribution in [3.8, 4) is 0 Å². The molecule has 2 aromatic heterocycles. The molecule has 0 amide bonds. The first-order chi connectivity index (χ1) is 25.8. The van der Waals surface area contributed by atoms with Gasteiger partial charge in [0.25, 0.3) is 11.1 Å². The molecule has 6 atom stereocenters. The van der Waals surface area contributed by atoms with E-state index >= 15 is 0 Å². The number of aliphatic hydroxyl groups is 4. The van der Waals surface area contributed by atoms with Crippen LogP contribution in [-0.2, 0) is 30.2 Å². The number of aliphatic hydroxyl groups excluding tert-OH is 4. The third-order valence-electron chi connectivity index (χ3n) is 7.85. The molecule has 17 nitrogen and oxygen atoms in total. The standard InChI is InChI=1S/C14H21FN2O6.C10H14N2O5.C6H14O.C5H11FO/c1-9-7-17(12-6-10(19)11(8-18)23-12)14(21)16(13(9)20)3-5-22-4-2-15;1-5-3-12(10(16)11-9(5)15)8-2-6(14)7(4-13)17-8;1-3-5-7-6-4-2;1-2-4-7-5-3-6/h7,10-12,18-19H,2-6,8H2,1H3;3,6-8,13-14H,2,4H2,1H3,(H,11,15,16);3-6H2,1-2H3;2-5H2,1H3/t10-,11+,12+;6-,7+,8+;;/m00../s1/i15-1;;;6-1. The van der Waals surface area contributed by atoms with E-state index in [9.17, 15) is 38.2 Å². The van der Waals surface area contributed by atoms with Crippen molar-refractivity contribution in [2.45, 2.75) is 110 Å². The molecule has 4 rings (SSSR count). The van der Waals surface area contributed by atoms with Gasteiger partial charge in [-0.15, -0.1) is 0 Å². The van der Waals surface area contributed by atoms with Gasteiger partial charge in [-0.3, -0.25) is 28.3 Å². The monoisotopic (exact) mass is 780 g/mol. The van der Waals surface area contributed by atoms with E-state index in [4.69, 9.17) is 33.9 Å². The molecule has 0 spiro atoms. The van der Waals surface area contributed by atoms with E-state index < -0.39 is 66.0 Å². The maximum Gasteiger partial charge on any atom is 0.333 e. The third-order valence-corrected chi connectivity index (χ3v) is 7.85. The summed E-state index contributed by atoms with van der Waals surface area (Å²) in [7, 11) is 0. The molecule has 0 saturated carbocycles. The van der Waals surface area contributed by atoms with Crippen LogP contribution in [0.2, 0.25) is 0 Å². The number of hydrogen-bond donors (Lipinski definition) is 5. The molecule has 2 aromatic rings. The number of H-pyrrole nitrogens is 1. The van der Waals surface area contributed by atoms with Crippen molar-refractivity contribution < 1.29 is 52.9 Å². The molecule has 0 bridgehead atoms. The molecular formula is C35H60F2N4O13. The van der Waals surface area contributed by atoms with E-state index in [2.05, 4.69) is 18.8 Å². The summed E-state index contributed by atoms with van der Waals surface area (Å²) in [5.74, 6) is 0. The van der Waals surface area contributed by atoms with Gasteiger partial charge in [0.05, 0.1) is 51.8 Å². The second kappa shape index (κ2) is 27.4. The van der Waals surface area contributed by atoms with Gasteiger partial charge in [0, 0.05) is 56.2 Å². The number of nitrogens with one attached hydrogen (secondary N) is 1. The first-order valence-electron chi connectivity index (χ1n) is 18.2. The lowest BCUT2D eigenvalue weighted by Gasteiger charge is -2.17. The average molecular weight is 781 g/mol. The quantitative estimate of drug-likeness (QED) is 0.139. The summed E-state index contributed by atoms with van der Waals surface area (Å²) in [6, 6.07) is 0. The predicted octanol–water partition coefficient (Wildman–Crippen LogP) is 0.636. The molecule has 312 valence electrons. The summed E-state index contributed by atoms with van der Waals surface area (Å²) in [4.78, 5) is 49.5. The fourth-order valence-corrected chi connectivity index (χ4v) is 5.07. The van der Waals surface area contributed by atoms with Gasteiger partial charge in [0.1, 0.15) is 38.0 Å². The minimum atomic E-state index is -0.884. The molecule has 2 aliphatic rings. The SMILES string of the molecule is CCCOCCC.CCCOCC[18F].Cc1cn([C@H]2C[C@H](O)[C@@H](CO)O2)c(=O)[nH]c1=O.Cc1cn([C@H]2C[C@H](O)[C@@H](CO)O2)c(=O)n(CCOCC[18F])c1=O. The molecule has 2 saturated heterocycles. The largest absolute Gasteiger partial charge is 0.394 e. The summed E-state index contributed by atoms with van der Waals surface area (Å²) >= 11 is 0. The molecule has 0 aliphatic carbocycles. The first-order valence-corrected chi connectivity index (χ1v) is 18.2. The number of aromatic amines is 1. The number of alkyl halides is 2. The zero-order valence-electron chi connectivity index (χ0n) is 32.0. The van der Waals surface area contributed by atoms with Crippen molar-refractivity contribution in [2.75, 3.05) is 66.2 Å². The lowest BCUT2D eigenvalue weighted by molar-refractivity contribution is -0.0464. The molecular weight excluding hydrogens is 720 g/mol. The van der Waals surface area contributed by atoms with Crippen molar-refractivity contribution >= 4 is 0 Å². The molecule has 19 heteroatoms. The highest BCUT2D eigenvalue weighted by Gasteiger charge is 2.36. The smallest absolute Gasteiger partial charge is 0.333 e. The van der Waals surface area contributed by atoms with Crippen molar-refractivity contribution in [3.63, 3.8) is 0 Å². The Balaban J connectivity index is 0.000000409. The highest BCUT2D eigenvalue weighted by atomic mass is 18.2. The van der Waals surface area contributed by atoms with Gasteiger partial charge < -0.3 is 44.1 Å². The second-order valence-electron chi connectivity index (χ2n) is 12.4. The number of halogens is 2. The summed E-state index contributed by atoms with van der Waals surface area (Å²) in [5.41, 5.74) is -1.36. The van der Waals surface area contributed by atoms with Crippen molar-refractivity contribution in [1.29, 1.82) is 0 Å². The van der Waals surface area contributed by atoms with Crippen LogP contribution in [0.25, 0.3) is 0 Å². The molecule has 0 radical (unpaired) electrons. The Morgan fingerprint density at radius 3 is 1.61 bits per heavy atom. The van der Waals surface area contributed by atoms with Crippen LogP contribution < -0.4 is 22.5 Å². The number of hydrogen-bond acceptors (Lipinski definition) is 13. The topological polar surface area (TPSA) is 226 Å². The Labute approximate surface area is 313 Å². The van der Waals surface area contributed by atoms with Crippen molar-refractivity contribution in [3.05, 3.63) is 65.2 Å². The van der Waals surface area contributed by atoms with Gasteiger partial charge in [-0.2, -0.15) is 0 Å². The number of rotatable bonds is 17. The van der Waals surface area contributed by atoms with Gasteiger partial charge in [0.15, 0.2) is 0 Å². The predicted molar refractivity (Wildman–Crippen MR) is 194 cm³/mol. The normalized spacial score (nSPS) is 21.8. The molecule has 5 N–H and O–H groups in total. The van der Waals surface area contributed by atoms with Gasteiger partial charge >= 0.3 is 11.4 Å². The van der Waals surface area contributed by atoms with Crippen molar-refractivity contribution in [2.24, 2.45) is 0 Å². The van der Waals surface area contributed by atoms with Crippen LogP contribution in [0.5, 0.6) is 0 Å². The van der Waals surface area contributed by atoms with Crippen LogP contribution in [0.3, 0.4) is 0 Å². The fourth-order valence-electron chi connectivity index (χ4n) is 5.07. The summed E-state index contributed by atoms with van der Waals surface area (Å²) in [6.07, 6.45) is 1.78. The van der Waals surface area contributed by atoms with E-state index in [1.165, 1.54) is 21.5 Å². The molecule has 2 fully saturated rings. The van der Waals surface area contributed by atoms with E-state index in [-0.39, 0.29) is 59.1 Å². The van der Waals surface area contributed by atoms with Crippen molar-refractivity contribution in [1.82, 2.24) is 18.7 Å². The summed E-state index contributed by atoms with van der Waals surface area (Å²) in [5, 5.41) is 37.4. The van der Waals surface area contributed by atoms with E-state index in [0.29, 0.717) is 17.7 Å². The van der Waals surface area contributed by atoms with Gasteiger partial charge in [-0.05, 0) is 33.1 Å². The molecule has 4 heterocycles. The lowest BCUT2D eigenvalue weighted by atomic mass is 10.2. The second-order valence-corrected chi connectivity index (χ2v) is 12.4. The maximum absolute atomic E-state index is 12.5. The van der Waals surface area contributed by atoms with Crippen LogP contribution in [0.15, 0.2) is 31.6 Å². The Morgan fingerprint density at radius 2 is 1.17 bits per heavy atom. The fraction of sp³-hybridized carbons (Fsp3) is 0.771. The number of aromatic nitrogens is 4. The van der Waals surface area contributed by atoms with Crippen LogP contribution >= 0.6 is 0 Å². The Hall–Kier alpha value is -3.14. The van der Waals surface area contributed by atoms with Crippen LogP contribution in [0.4, 0.5) is 8.78 Å². The van der Waals surface area contributed by atoms with Gasteiger partial charge in [-0.1, -0.05) is 20.8 Å². The molecule has 0 unspecified atom stereocenters. The zero-order chi connectivity index (χ0) is 40.6. The Kier molecular flexibility index (Phi) is 24.8. The lowest BCUT2D eigenvalue weighted by Crippen LogP contribution is -2.43. The minimum absolute atomic E-state index is 0.00194. The summed E-state index contributed by atoms with van der Waals surface area (Å²) in [6.45, 7) is 10.4. The zero-order valence-corrected chi connectivity index (χ0v) is 32.0. The molecule has 0 aromatic carbocycles. The Morgan fingerprint density at radius 1 is 0.722 bits per heavy atom. The number of aryl methyl sites for hydroxylation is 2. The highest BCUT2D eigenvalue weighted by molar-refractivity contribution is 5.04. The third kappa shape index (κ3) is 16.3.